The molecule has 96 valence electrons. The Labute approximate surface area is 99.8 Å². The molecule has 0 saturated carbocycles. The van der Waals surface area contributed by atoms with E-state index in [1.54, 1.807) is 0 Å². The maximum Gasteiger partial charge on any atom is 0.0600 e. The Morgan fingerprint density at radius 1 is 1.38 bits per heavy atom. The van der Waals surface area contributed by atoms with Crippen LogP contribution in [-0.4, -0.2) is 48.5 Å². The topological polar surface area (TPSA) is 32.7 Å². The van der Waals surface area contributed by atoms with Crippen LogP contribution >= 0.6 is 0 Å². The molecule has 1 heterocycles. The van der Waals surface area contributed by atoms with Gasteiger partial charge in [0.2, 0.25) is 0 Å². The predicted molar refractivity (Wildman–Crippen MR) is 66.6 cm³/mol. The molecule has 0 bridgehead atoms. The lowest BCUT2D eigenvalue weighted by atomic mass is 9.83. The Morgan fingerprint density at radius 2 is 2.06 bits per heavy atom. The molecule has 3 heteroatoms. The second kappa shape index (κ2) is 5.48. The van der Waals surface area contributed by atoms with E-state index in [0.29, 0.717) is 6.61 Å². The highest BCUT2D eigenvalue weighted by Crippen LogP contribution is 2.28. The minimum absolute atomic E-state index is 0.0456. The van der Waals surface area contributed by atoms with E-state index in [1.807, 2.05) is 0 Å². The standard InChI is InChI=1S/C13H27NO2/c1-12(2,3)16-9-8-14-7-5-6-13(4,10-14)11-15/h15H,5-11H2,1-4H3. The second-order valence-electron chi connectivity index (χ2n) is 6.31. The number of hydrogen-bond acceptors (Lipinski definition) is 3. The first-order valence-corrected chi connectivity index (χ1v) is 6.32. The molecule has 0 radical (unpaired) electrons. The molecular formula is C13H27NO2. The summed E-state index contributed by atoms with van der Waals surface area (Å²) in [5.74, 6) is 0. The van der Waals surface area contributed by atoms with Gasteiger partial charge in [0.15, 0.2) is 0 Å². The molecule has 1 aliphatic rings. The van der Waals surface area contributed by atoms with Crippen molar-refractivity contribution in [2.24, 2.45) is 5.41 Å². The van der Waals surface area contributed by atoms with Gasteiger partial charge in [0, 0.05) is 25.1 Å². The normalized spacial score (nSPS) is 28.3. The summed E-state index contributed by atoms with van der Waals surface area (Å²) >= 11 is 0. The van der Waals surface area contributed by atoms with Crippen LogP contribution in [0, 0.1) is 5.41 Å². The fourth-order valence-corrected chi connectivity index (χ4v) is 2.23. The summed E-state index contributed by atoms with van der Waals surface area (Å²) in [6.45, 7) is 12.6. The number of hydrogen-bond donors (Lipinski definition) is 1. The zero-order valence-corrected chi connectivity index (χ0v) is 11.3. The van der Waals surface area contributed by atoms with Gasteiger partial charge in [-0.25, -0.2) is 0 Å². The average Bonchev–Trinajstić information content (AvgIpc) is 2.16. The molecule has 1 aliphatic heterocycles. The van der Waals surface area contributed by atoms with Crippen LogP contribution in [0.5, 0.6) is 0 Å². The average molecular weight is 229 g/mol. The lowest BCUT2D eigenvalue weighted by molar-refractivity contribution is -0.0268. The molecule has 0 aromatic rings. The van der Waals surface area contributed by atoms with E-state index >= 15 is 0 Å². The highest BCUT2D eigenvalue weighted by atomic mass is 16.5. The number of aliphatic hydroxyl groups is 1. The van der Waals surface area contributed by atoms with Gasteiger partial charge in [0.1, 0.15) is 0 Å². The molecule has 1 atom stereocenters. The SMILES string of the molecule is CC1(CO)CCCN(CCOC(C)(C)C)C1. The Morgan fingerprint density at radius 3 is 2.62 bits per heavy atom. The van der Waals surface area contributed by atoms with E-state index in [4.69, 9.17) is 4.74 Å². The largest absolute Gasteiger partial charge is 0.396 e. The van der Waals surface area contributed by atoms with E-state index in [1.165, 1.54) is 6.42 Å². The van der Waals surface area contributed by atoms with Gasteiger partial charge in [-0.15, -0.1) is 0 Å². The molecule has 0 aromatic carbocycles. The number of rotatable bonds is 4. The maximum absolute atomic E-state index is 9.36. The molecule has 0 amide bonds. The van der Waals surface area contributed by atoms with Gasteiger partial charge in [-0.1, -0.05) is 6.92 Å². The molecule has 3 nitrogen and oxygen atoms in total. The molecule has 0 aromatic heterocycles. The van der Waals surface area contributed by atoms with Gasteiger partial charge in [-0.2, -0.15) is 0 Å². The number of aliphatic hydroxyl groups excluding tert-OH is 1. The van der Waals surface area contributed by atoms with Crippen LogP contribution < -0.4 is 0 Å². The fourth-order valence-electron chi connectivity index (χ4n) is 2.23. The van der Waals surface area contributed by atoms with Crippen molar-refractivity contribution in [2.75, 3.05) is 32.8 Å². The molecule has 1 saturated heterocycles. The van der Waals surface area contributed by atoms with Gasteiger partial charge in [-0.05, 0) is 40.2 Å². The van der Waals surface area contributed by atoms with Gasteiger partial charge in [0.25, 0.3) is 0 Å². The monoisotopic (exact) mass is 229 g/mol. The molecule has 0 aliphatic carbocycles. The van der Waals surface area contributed by atoms with Crippen molar-refractivity contribution in [3.63, 3.8) is 0 Å². The first-order chi connectivity index (χ1) is 7.35. The summed E-state index contributed by atoms with van der Waals surface area (Å²) < 4.78 is 5.73. The quantitative estimate of drug-likeness (QED) is 0.799. The van der Waals surface area contributed by atoms with Crippen molar-refractivity contribution in [2.45, 2.75) is 46.1 Å². The Kier molecular flexibility index (Phi) is 4.77. The van der Waals surface area contributed by atoms with Crippen molar-refractivity contribution < 1.29 is 9.84 Å². The van der Waals surface area contributed by atoms with Crippen LogP contribution in [0.15, 0.2) is 0 Å². The lowest BCUT2D eigenvalue weighted by Crippen LogP contribution is -2.45. The van der Waals surface area contributed by atoms with Crippen molar-refractivity contribution in [3.05, 3.63) is 0 Å². The van der Waals surface area contributed by atoms with Crippen molar-refractivity contribution in [1.82, 2.24) is 4.90 Å². The molecule has 1 fully saturated rings. The van der Waals surface area contributed by atoms with Crippen LogP contribution in [0.25, 0.3) is 0 Å². The molecule has 1 rings (SSSR count). The van der Waals surface area contributed by atoms with Crippen molar-refractivity contribution in [1.29, 1.82) is 0 Å². The first kappa shape index (κ1) is 13.9. The van der Waals surface area contributed by atoms with Crippen molar-refractivity contribution in [3.8, 4) is 0 Å². The summed E-state index contributed by atoms with van der Waals surface area (Å²) in [7, 11) is 0. The molecule has 1 N–H and O–H groups in total. The third kappa shape index (κ3) is 4.81. The summed E-state index contributed by atoms with van der Waals surface area (Å²) in [6, 6.07) is 0. The van der Waals surface area contributed by atoms with E-state index in [2.05, 4.69) is 32.6 Å². The Hall–Kier alpha value is -0.120. The lowest BCUT2D eigenvalue weighted by Gasteiger charge is -2.39. The van der Waals surface area contributed by atoms with Crippen molar-refractivity contribution >= 4 is 0 Å². The third-order valence-electron chi connectivity index (χ3n) is 3.18. The predicted octanol–water partition coefficient (Wildman–Crippen LogP) is 1.90. The fraction of sp³-hybridized carbons (Fsp3) is 1.00. The van der Waals surface area contributed by atoms with E-state index < -0.39 is 0 Å². The highest BCUT2D eigenvalue weighted by molar-refractivity contribution is 4.82. The highest BCUT2D eigenvalue weighted by Gasteiger charge is 2.30. The Balaban J connectivity index is 2.27. The zero-order valence-electron chi connectivity index (χ0n) is 11.3. The van der Waals surface area contributed by atoms with Crippen LogP contribution in [0.4, 0.5) is 0 Å². The minimum Gasteiger partial charge on any atom is -0.396 e. The second-order valence-corrected chi connectivity index (χ2v) is 6.31. The minimum atomic E-state index is -0.0456. The van der Waals surface area contributed by atoms with Crippen LogP contribution in [0.2, 0.25) is 0 Å². The van der Waals surface area contributed by atoms with Crippen LogP contribution in [-0.2, 0) is 4.74 Å². The number of piperidine rings is 1. The smallest absolute Gasteiger partial charge is 0.0600 e. The first-order valence-electron chi connectivity index (χ1n) is 6.32. The van der Waals surface area contributed by atoms with Gasteiger partial charge in [0.05, 0.1) is 12.2 Å². The number of ether oxygens (including phenoxy) is 1. The van der Waals surface area contributed by atoms with Crippen LogP contribution in [0.3, 0.4) is 0 Å². The Bertz CT molecular complexity index is 212. The third-order valence-corrected chi connectivity index (χ3v) is 3.18. The van der Waals surface area contributed by atoms with E-state index in [-0.39, 0.29) is 11.0 Å². The maximum atomic E-state index is 9.36. The summed E-state index contributed by atoms with van der Waals surface area (Å²) in [5.41, 5.74) is 0.0516. The number of nitrogens with zero attached hydrogens (tertiary/aromatic N) is 1. The van der Waals surface area contributed by atoms with Gasteiger partial charge >= 0.3 is 0 Å². The molecular weight excluding hydrogens is 202 g/mol. The number of likely N-dealkylation sites (tertiary alicyclic amines) is 1. The van der Waals surface area contributed by atoms with E-state index in [9.17, 15) is 5.11 Å². The van der Waals surface area contributed by atoms with Gasteiger partial charge < -0.3 is 14.7 Å². The van der Waals surface area contributed by atoms with E-state index in [0.717, 1.165) is 32.7 Å². The van der Waals surface area contributed by atoms with Gasteiger partial charge in [-0.3, -0.25) is 0 Å². The summed E-state index contributed by atoms with van der Waals surface area (Å²) in [6.07, 6.45) is 2.33. The summed E-state index contributed by atoms with van der Waals surface area (Å²) in [5, 5.41) is 9.36. The zero-order chi connectivity index (χ0) is 12.2. The van der Waals surface area contributed by atoms with Crippen LogP contribution in [0.1, 0.15) is 40.5 Å². The molecule has 16 heavy (non-hydrogen) atoms. The molecule has 1 unspecified atom stereocenters. The molecule has 0 spiro atoms. The summed E-state index contributed by atoms with van der Waals surface area (Å²) in [4.78, 5) is 2.41.